The van der Waals surface area contributed by atoms with Crippen LogP contribution in [-0.4, -0.2) is 26.9 Å². The first kappa shape index (κ1) is 19.5. The van der Waals surface area contributed by atoms with Crippen molar-refractivity contribution in [2.24, 2.45) is 0 Å². The Labute approximate surface area is 151 Å². The number of benzene rings is 2. The fourth-order valence-corrected chi connectivity index (χ4v) is 3.93. The largest absolute Gasteiger partial charge is 0.496 e. The van der Waals surface area contributed by atoms with E-state index in [9.17, 15) is 8.42 Å². The lowest BCUT2D eigenvalue weighted by molar-refractivity contribution is 0.409. The molecule has 0 radical (unpaired) electrons. The minimum atomic E-state index is -3.54. The summed E-state index contributed by atoms with van der Waals surface area (Å²) in [7, 11) is -0.338. The van der Waals surface area contributed by atoms with Gasteiger partial charge in [0.05, 0.1) is 12.0 Å². The summed E-state index contributed by atoms with van der Waals surface area (Å²) in [6.07, 6.45) is 0.715. The number of rotatable bonds is 7. The van der Waals surface area contributed by atoms with Crippen LogP contribution < -0.4 is 4.74 Å². The van der Waals surface area contributed by atoms with Crippen LogP contribution in [0, 0.1) is 0 Å². The number of sulfonamides is 1. The maximum atomic E-state index is 12.9. The SMILES string of the molecule is CCc1cc(S(=O)(=O)N(C)Cc2ccc(C(C)C)cc2)ccc1OC. The van der Waals surface area contributed by atoms with Crippen LogP contribution in [-0.2, 0) is 23.0 Å². The predicted molar refractivity (Wildman–Crippen MR) is 102 cm³/mol. The van der Waals surface area contributed by atoms with Crippen LogP contribution in [0.15, 0.2) is 47.4 Å². The molecule has 0 aliphatic carbocycles. The predicted octanol–water partition coefficient (Wildman–Crippen LogP) is 4.20. The minimum absolute atomic E-state index is 0.298. The fourth-order valence-electron chi connectivity index (χ4n) is 2.72. The fraction of sp³-hybridized carbons (Fsp3) is 0.400. The van der Waals surface area contributed by atoms with E-state index < -0.39 is 10.0 Å². The van der Waals surface area contributed by atoms with Crippen molar-refractivity contribution in [3.05, 3.63) is 59.2 Å². The second-order valence-electron chi connectivity index (χ2n) is 6.48. The van der Waals surface area contributed by atoms with Crippen molar-refractivity contribution in [1.82, 2.24) is 4.31 Å². The van der Waals surface area contributed by atoms with Crippen LogP contribution in [0.3, 0.4) is 0 Å². The first-order chi connectivity index (χ1) is 11.8. The van der Waals surface area contributed by atoms with Gasteiger partial charge in [0, 0.05) is 13.6 Å². The molecule has 0 amide bonds. The Bertz CT molecular complexity index is 811. The molecule has 0 bridgehead atoms. The van der Waals surface area contributed by atoms with Crippen molar-refractivity contribution in [2.45, 2.75) is 44.6 Å². The summed E-state index contributed by atoms with van der Waals surface area (Å²) < 4.78 is 32.4. The molecule has 0 atom stereocenters. The van der Waals surface area contributed by atoms with Crippen molar-refractivity contribution in [2.75, 3.05) is 14.2 Å². The smallest absolute Gasteiger partial charge is 0.243 e. The van der Waals surface area contributed by atoms with Gasteiger partial charge in [-0.3, -0.25) is 0 Å². The quantitative estimate of drug-likeness (QED) is 0.742. The number of methoxy groups -OCH3 is 1. The van der Waals surface area contributed by atoms with Crippen LogP contribution in [0.2, 0.25) is 0 Å². The van der Waals surface area contributed by atoms with Gasteiger partial charge in [-0.25, -0.2) is 8.42 Å². The molecule has 0 spiro atoms. The van der Waals surface area contributed by atoms with Gasteiger partial charge in [0.2, 0.25) is 10.0 Å². The van der Waals surface area contributed by atoms with Crippen LogP contribution in [0.1, 0.15) is 43.4 Å². The highest BCUT2D eigenvalue weighted by Crippen LogP contribution is 2.25. The van der Waals surface area contributed by atoms with E-state index in [1.165, 1.54) is 9.87 Å². The summed E-state index contributed by atoms with van der Waals surface area (Å²) in [6.45, 7) is 6.60. The van der Waals surface area contributed by atoms with Crippen molar-refractivity contribution in [1.29, 1.82) is 0 Å². The van der Waals surface area contributed by atoms with Gasteiger partial charge in [-0.2, -0.15) is 4.31 Å². The molecule has 0 aromatic heterocycles. The van der Waals surface area contributed by atoms with Crippen molar-refractivity contribution in [3.63, 3.8) is 0 Å². The molecule has 5 heteroatoms. The van der Waals surface area contributed by atoms with Crippen molar-refractivity contribution >= 4 is 10.0 Å². The molecule has 0 heterocycles. The van der Waals surface area contributed by atoms with Gasteiger partial charge in [-0.1, -0.05) is 45.0 Å². The zero-order chi connectivity index (χ0) is 18.6. The van der Waals surface area contributed by atoms with E-state index in [1.54, 1.807) is 32.4 Å². The van der Waals surface area contributed by atoms with Crippen molar-refractivity contribution < 1.29 is 13.2 Å². The molecule has 25 heavy (non-hydrogen) atoms. The molecule has 0 aliphatic heterocycles. The van der Waals surface area contributed by atoms with E-state index in [4.69, 9.17) is 4.74 Å². The summed E-state index contributed by atoms with van der Waals surface area (Å²) in [5, 5.41) is 0. The molecule has 0 unspecified atom stereocenters. The second-order valence-corrected chi connectivity index (χ2v) is 8.53. The van der Waals surface area contributed by atoms with E-state index >= 15 is 0 Å². The Morgan fingerprint density at radius 3 is 2.24 bits per heavy atom. The van der Waals surface area contributed by atoms with E-state index in [0.29, 0.717) is 29.5 Å². The summed E-state index contributed by atoms with van der Waals surface area (Å²) >= 11 is 0. The van der Waals surface area contributed by atoms with Crippen LogP contribution in [0.5, 0.6) is 5.75 Å². The Morgan fingerprint density at radius 2 is 1.72 bits per heavy atom. The number of ether oxygens (including phenoxy) is 1. The summed E-state index contributed by atoms with van der Waals surface area (Å²) in [4.78, 5) is 0.298. The average molecular weight is 362 g/mol. The first-order valence-electron chi connectivity index (χ1n) is 8.51. The molecule has 0 N–H and O–H groups in total. The maximum Gasteiger partial charge on any atom is 0.243 e. The highest BCUT2D eigenvalue weighted by Gasteiger charge is 2.22. The van der Waals surface area contributed by atoms with Crippen LogP contribution in [0.25, 0.3) is 0 Å². The summed E-state index contributed by atoms with van der Waals surface area (Å²) in [5.74, 6) is 1.18. The Morgan fingerprint density at radius 1 is 1.08 bits per heavy atom. The zero-order valence-corrected chi connectivity index (χ0v) is 16.4. The monoisotopic (exact) mass is 361 g/mol. The molecular formula is C20H27NO3S. The highest BCUT2D eigenvalue weighted by molar-refractivity contribution is 7.89. The lowest BCUT2D eigenvalue weighted by Crippen LogP contribution is -2.26. The molecule has 0 saturated carbocycles. The molecule has 136 valence electrons. The third-order valence-corrected chi connectivity index (χ3v) is 6.19. The van der Waals surface area contributed by atoms with E-state index in [2.05, 4.69) is 26.0 Å². The van der Waals surface area contributed by atoms with Crippen LogP contribution >= 0.6 is 0 Å². The highest BCUT2D eigenvalue weighted by atomic mass is 32.2. The van der Waals surface area contributed by atoms with Gasteiger partial charge in [0.15, 0.2) is 0 Å². The third-order valence-electron chi connectivity index (χ3n) is 4.39. The van der Waals surface area contributed by atoms with Gasteiger partial charge in [-0.15, -0.1) is 0 Å². The van der Waals surface area contributed by atoms with Gasteiger partial charge in [0.1, 0.15) is 5.75 Å². The molecule has 0 saturated heterocycles. The molecule has 0 fully saturated rings. The molecular weight excluding hydrogens is 334 g/mol. The molecule has 2 rings (SSSR count). The Hall–Kier alpha value is -1.85. The zero-order valence-electron chi connectivity index (χ0n) is 15.6. The van der Waals surface area contributed by atoms with Gasteiger partial charge >= 0.3 is 0 Å². The van der Waals surface area contributed by atoms with E-state index in [-0.39, 0.29) is 0 Å². The lowest BCUT2D eigenvalue weighted by Gasteiger charge is -2.19. The van der Waals surface area contributed by atoms with Gasteiger partial charge in [-0.05, 0) is 47.2 Å². The first-order valence-corrected chi connectivity index (χ1v) is 9.95. The van der Waals surface area contributed by atoms with Gasteiger partial charge < -0.3 is 4.74 Å². The molecule has 0 aliphatic rings. The maximum absolute atomic E-state index is 12.9. The number of nitrogens with zero attached hydrogens (tertiary/aromatic N) is 1. The minimum Gasteiger partial charge on any atom is -0.496 e. The summed E-state index contributed by atoms with van der Waals surface area (Å²) in [6, 6.07) is 13.1. The van der Waals surface area contributed by atoms with Crippen molar-refractivity contribution in [3.8, 4) is 5.75 Å². The Kier molecular flexibility index (Phi) is 6.25. The van der Waals surface area contributed by atoms with Gasteiger partial charge in [0.25, 0.3) is 0 Å². The number of hydrogen-bond acceptors (Lipinski definition) is 3. The topological polar surface area (TPSA) is 46.6 Å². The normalized spacial score (nSPS) is 12.0. The molecule has 2 aromatic rings. The Balaban J connectivity index is 2.23. The number of aryl methyl sites for hydroxylation is 1. The second kappa shape index (κ2) is 8.02. The van der Waals surface area contributed by atoms with Crippen LogP contribution in [0.4, 0.5) is 0 Å². The van der Waals surface area contributed by atoms with E-state index in [1.807, 2.05) is 19.1 Å². The number of hydrogen-bond donors (Lipinski definition) is 0. The standard InChI is InChI=1S/C20H27NO3S/c1-6-17-13-19(11-12-20(17)24-5)25(22,23)21(4)14-16-7-9-18(10-8-16)15(2)3/h7-13,15H,6,14H2,1-5H3. The lowest BCUT2D eigenvalue weighted by atomic mass is 10.0. The summed E-state index contributed by atoms with van der Waals surface area (Å²) in [5.41, 5.74) is 3.11. The average Bonchev–Trinajstić information content (AvgIpc) is 2.61. The third kappa shape index (κ3) is 4.41. The molecule has 4 nitrogen and oxygen atoms in total. The van der Waals surface area contributed by atoms with E-state index in [0.717, 1.165) is 11.1 Å². The molecule has 2 aromatic carbocycles.